The molecule has 1 aromatic rings. The Morgan fingerprint density at radius 1 is 1.50 bits per heavy atom. The molecule has 1 aliphatic rings. The summed E-state index contributed by atoms with van der Waals surface area (Å²) in [6, 6.07) is 0. The number of rotatable bonds is 4. The predicted octanol–water partition coefficient (Wildman–Crippen LogP) is 2.21. The minimum absolute atomic E-state index is 0.199. The van der Waals surface area contributed by atoms with Gasteiger partial charge in [-0.2, -0.15) is 18.3 Å². The van der Waals surface area contributed by atoms with Gasteiger partial charge in [0, 0.05) is 24.0 Å². The fourth-order valence-electron chi connectivity index (χ4n) is 2.15. The molecule has 0 atom stereocenters. The van der Waals surface area contributed by atoms with Gasteiger partial charge >= 0.3 is 6.18 Å². The molecule has 0 fully saturated rings. The summed E-state index contributed by atoms with van der Waals surface area (Å²) in [5.74, 6) is 2.10. The van der Waals surface area contributed by atoms with E-state index in [9.17, 15) is 18.0 Å². The lowest BCUT2D eigenvalue weighted by molar-refractivity contribution is -0.141. The third-order valence-electron chi connectivity index (χ3n) is 3.65. The van der Waals surface area contributed by atoms with Gasteiger partial charge < -0.3 is 10.2 Å². The average Bonchev–Trinajstić information content (AvgIpc) is 2.96. The summed E-state index contributed by atoms with van der Waals surface area (Å²) < 4.78 is 38.2. The van der Waals surface area contributed by atoms with Gasteiger partial charge in [-0.1, -0.05) is 5.92 Å². The van der Waals surface area contributed by atoms with E-state index < -0.39 is 29.7 Å². The number of terminal acetylenes is 1. The SMILES string of the molecule is C#CC(C)(C)N1C=CC(NC(=O)Cc2cn[nH]c2C(F)(F)F)=CC1. The second-order valence-electron chi connectivity index (χ2n) is 5.82. The standard InChI is InChI=1S/C16H17F3N4O/c1-4-15(2,3)23-7-5-12(6-8-23)21-13(24)9-11-10-20-22-14(11)16(17,18)19/h1,5-7,10H,8-9H2,2-3H3,(H,20,22)(H,21,24). The highest BCUT2D eigenvalue weighted by molar-refractivity contribution is 5.81. The van der Waals surface area contributed by atoms with Gasteiger partial charge in [0.1, 0.15) is 5.69 Å². The molecule has 24 heavy (non-hydrogen) atoms. The van der Waals surface area contributed by atoms with Crippen LogP contribution in [0.5, 0.6) is 0 Å². The number of carbonyl (C=O) groups is 1. The van der Waals surface area contributed by atoms with Crippen molar-refractivity contribution in [1.29, 1.82) is 0 Å². The first-order valence-electron chi connectivity index (χ1n) is 7.15. The van der Waals surface area contributed by atoms with Crippen LogP contribution in [0.1, 0.15) is 25.1 Å². The molecule has 0 aromatic carbocycles. The zero-order chi connectivity index (χ0) is 18.0. The molecule has 0 spiro atoms. The van der Waals surface area contributed by atoms with Crippen molar-refractivity contribution in [3.8, 4) is 12.3 Å². The van der Waals surface area contributed by atoms with E-state index in [4.69, 9.17) is 6.42 Å². The van der Waals surface area contributed by atoms with Gasteiger partial charge in [-0.05, 0) is 26.0 Å². The van der Waals surface area contributed by atoms with E-state index >= 15 is 0 Å². The van der Waals surface area contributed by atoms with E-state index in [1.165, 1.54) is 0 Å². The number of amides is 1. The molecule has 1 amide bonds. The van der Waals surface area contributed by atoms with Crippen LogP contribution in [0.25, 0.3) is 0 Å². The Kier molecular flexibility index (Phi) is 4.73. The van der Waals surface area contributed by atoms with E-state index in [0.29, 0.717) is 12.2 Å². The van der Waals surface area contributed by atoms with E-state index in [-0.39, 0.29) is 5.56 Å². The smallest absolute Gasteiger partial charge is 0.358 e. The molecule has 0 aliphatic carbocycles. The van der Waals surface area contributed by atoms with E-state index in [0.717, 1.165) is 6.20 Å². The minimum Gasteiger partial charge on any atom is -0.358 e. The molecule has 128 valence electrons. The second-order valence-corrected chi connectivity index (χ2v) is 5.82. The van der Waals surface area contributed by atoms with E-state index in [2.05, 4.69) is 16.3 Å². The Labute approximate surface area is 137 Å². The highest BCUT2D eigenvalue weighted by Gasteiger charge is 2.35. The minimum atomic E-state index is -4.57. The van der Waals surface area contributed by atoms with E-state index in [1.54, 1.807) is 18.4 Å². The van der Waals surface area contributed by atoms with Gasteiger partial charge in [-0.15, -0.1) is 6.42 Å². The maximum atomic E-state index is 12.7. The monoisotopic (exact) mass is 338 g/mol. The van der Waals surface area contributed by atoms with E-state index in [1.807, 2.05) is 23.8 Å². The van der Waals surface area contributed by atoms with Crippen molar-refractivity contribution < 1.29 is 18.0 Å². The molecule has 5 nitrogen and oxygen atoms in total. The van der Waals surface area contributed by atoms with Crippen LogP contribution in [0.2, 0.25) is 0 Å². The van der Waals surface area contributed by atoms with Gasteiger partial charge in [0.25, 0.3) is 0 Å². The molecular weight excluding hydrogens is 321 g/mol. The molecule has 1 aromatic heterocycles. The Bertz CT molecular complexity index is 722. The maximum absolute atomic E-state index is 12.7. The normalized spacial score (nSPS) is 15.0. The Balaban J connectivity index is 1.97. The average molecular weight is 338 g/mol. The van der Waals surface area contributed by atoms with Crippen molar-refractivity contribution >= 4 is 5.91 Å². The maximum Gasteiger partial charge on any atom is 0.433 e. The Morgan fingerprint density at radius 2 is 2.21 bits per heavy atom. The van der Waals surface area contributed by atoms with Crippen LogP contribution in [0, 0.1) is 12.3 Å². The molecule has 0 saturated heterocycles. The number of H-pyrrole nitrogens is 1. The number of carbonyl (C=O) groups excluding carboxylic acids is 1. The Hall–Kier alpha value is -2.69. The summed E-state index contributed by atoms with van der Waals surface area (Å²) in [4.78, 5) is 13.9. The van der Waals surface area contributed by atoms with Gasteiger partial charge in [0.2, 0.25) is 5.91 Å². The lowest BCUT2D eigenvalue weighted by Crippen LogP contribution is -2.40. The van der Waals surface area contributed by atoms with Crippen molar-refractivity contribution in [1.82, 2.24) is 20.4 Å². The van der Waals surface area contributed by atoms with Gasteiger partial charge in [0.15, 0.2) is 0 Å². The molecule has 0 saturated carbocycles. The number of aromatic amines is 1. The van der Waals surface area contributed by atoms with Crippen molar-refractivity contribution in [2.75, 3.05) is 6.54 Å². The number of allylic oxidation sites excluding steroid dienone is 1. The zero-order valence-corrected chi connectivity index (χ0v) is 13.2. The van der Waals surface area contributed by atoms with Crippen LogP contribution >= 0.6 is 0 Å². The summed E-state index contributed by atoms with van der Waals surface area (Å²) in [6.45, 7) is 4.25. The van der Waals surface area contributed by atoms with Crippen LogP contribution in [-0.2, 0) is 17.4 Å². The third-order valence-corrected chi connectivity index (χ3v) is 3.65. The first-order valence-corrected chi connectivity index (χ1v) is 7.15. The summed E-state index contributed by atoms with van der Waals surface area (Å²) in [6.07, 6.45) is 6.62. The van der Waals surface area contributed by atoms with Crippen molar-refractivity contribution in [2.45, 2.75) is 32.0 Å². The number of nitrogens with one attached hydrogen (secondary N) is 2. The molecular formula is C16H17F3N4O. The third kappa shape index (κ3) is 3.98. The van der Waals surface area contributed by atoms with Crippen LogP contribution < -0.4 is 5.32 Å². The summed E-state index contributed by atoms with van der Waals surface area (Å²) >= 11 is 0. The lowest BCUT2D eigenvalue weighted by atomic mass is 10.0. The molecule has 8 heteroatoms. The highest BCUT2D eigenvalue weighted by atomic mass is 19.4. The zero-order valence-electron chi connectivity index (χ0n) is 13.2. The molecule has 2 rings (SSSR count). The number of halogens is 3. The van der Waals surface area contributed by atoms with Crippen molar-refractivity contribution in [3.63, 3.8) is 0 Å². The quantitative estimate of drug-likeness (QED) is 0.828. The molecule has 2 N–H and O–H groups in total. The fourth-order valence-corrected chi connectivity index (χ4v) is 2.15. The van der Waals surface area contributed by atoms with Crippen LogP contribution in [0.4, 0.5) is 13.2 Å². The number of alkyl halides is 3. The lowest BCUT2D eigenvalue weighted by Gasteiger charge is -2.34. The first-order chi connectivity index (χ1) is 11.1. The largest absolute Gasteiger partial charge is 0.433 e. The molecule has 2 heterocycles. The summed E-state index contributed by atoms with van der Waals surface area (Å²) in [5, 5.41) is 7.80. The summed E-state index contributed by atoms with van der Waals surface area (Å²) in [5.41, 5.74) is -1.16. The van der Waals surface area contributed by atoms with Gasteiger partial charge in [0.05, 0.1) is 18.2 Å². The van der Waals surface area contributed by atoms with Gasteiger partial charge in [-0.3, -0.25) is 9.89 Å². The predicted molar refractivity (Wildman–Crippen MR) is 82.3 cm³/mol. The molecule has 0 bridgehead atoms. The molecule has 1 aliphatic heterocycles. The number of nitrogens with zero attached hydrogens (tertiary/aromatic N) is 2. The first kappa shape index (κ1) is 17.7. The number of hydrogen-bond acceptors (Lipinski definition) is 3. The van der Waals surface area contributed by atoms with Crippen molar-refractivity contribution in [3.05, 3.63) is 41.5 Å². The van der Waals surface area contributed by atoms with Crippen molar-refractivity contribution in [2.24, 2.45) is 0 Å². The number of aromatic nitrogens is 2. The van der Waals surface area contributed by atoms with Gasteiger partial charge in [-0.25, -0.2) is 0 Å². The molecule has 0 unspecified atom stereocenters. The highest BCUT2D eigenvalue weighted by Crippen LogP contribution is 2.30. The fraction of sp³-hybridized carbons (Fsp3) is 0.375. The topological polar surface area (TPSA) is 61.0 Å². The van der Waals surface area contributed by atoms with Crippen LogP contribution in [-0.4, -0.2) is 33.1 Å². The second kappa shape index (κ2) is 6.43. The van der Waals surface area contributed by atoms with Crippen LogP contribution in [0.15, 0.2) is 30.2 Å². The van der Waals surface area contributed by atoms with Crippen LogP contribution in [0.3, 0.4) is 0 Å². The summed E-state index contributed by atoms with van der Waals surface area (Å²) in [7, 11) is 0. The Morgan fingerprint density at radius 3 is 2.75 bits per heavy atom. The number of hydrogen-bond donors (Lipinski definition) is 2. The molecule has 0 radical (unpaired) electrons.